The lowest BCUT2D eigenvalue weighted by atomic mass is 9.58. The van der Waals surface area contributed by atoms with Crippen LogP contribution in [0.3, 0.4) is 0 Å². The predicted molar refractivity (Wildman–Crippen MR) is 115 cm³/mol. The Bertz CT molecular complexity index is 456. The van der Waals surface area contributed by atoms with Gasteiger partial charge in [0.2, 0.25) is 0 Å². The van der Waals surface area contributed by atoms with Gasteiger partial charge in [-0.15, -0.1) is 0 Å². The molecule has 0 bridgehead atoms. The zero-order valence-corrected chi connectivity index (χ0v) is 19.3. The summed E-state index contributed by atoms with van der Waals surface area (Å²) in [5.41, 5.74) is 0. The first kappa shape index (κ1) is 22.6. The Morgan fingerprint density at radius 1 is 0.857 bits per heavy atom. The molecule has 3 heteroatoms. The van der Waals surface area contributed by atoms with Crippen LogP contribution in [-0.4, -0.2) is 30.2 Å². The zero-order chi connectivity index (χ0) is 20.5. The lowest BCUT2D eigenvalue weighted by Gasteiger charge is -2.53. The van der Waals surface area contributed by atoms with Crippen molar-refractivity contribution in [2.24, 2.45) is 47.3 Å². The number of hydrogen-bond acceptors (Lipinski definition) is 3. The fourth-order valence-electron chi connectivity index (χ4n) is 6.83. The quantitative estimate of drug-likeness (QED) is 0.610. The van der Waals surface area contributed by atoms with Gasteiger partial charge in [0.25, 0.3) is 0 Å². The standard InChI is InChI=1S/C25H46O3/c1-16(2)21-9-7-18(5)13-23(21)25(27-15-20(28-25)11-12-26)24-14-19(6)8-10-22(24)17(3)4/h16-24,26H,7-15H2,1-6H3/t18-,19+,20-,21+,22+,23+,24-,25?/m0/s1. The van der Waals surface area contributed by atoms with Gasteiger partial charge in [-0.3, -0.25) is 0 Å². The second kappa shape index (κ2) is 9.35. The smallest absolute Gasteiger partial charge is 0.174 e. The second-order valence-electron chi connectivity index (χ2n) is 11.1. The molecule has 0 spiro atoms. The third-order valence-electron chi connectivity index (χ3n) is 8.37. The Morgan fingerprint density at radius 2 is 1.36 bits per heavy atom. The molecule has 164 valence electrons. The maximum Gasteiger partial charge on any atom is 0.174 e. The summed E-state index contributed by atoms with van der Waals surface area (Å²) in [5, 5.41) is 9.55. The van der Waals surface area contributed by atoms with Crippen LogP contribution < -0.4 is 0 Å². The highest BCUT2D eigenvalue weighted by Gasteiger charge is 2.59. The Hall–Kier alpha value is -0.120. The molecule has 3 fully saturated rings. The summed E-state index contributed by atoms with van der Waals surface area (Å²) in [5.74, 6) is 4.71. The molecule has 8 atom stereocenters. The van der Waals surface area contributed by atoms with Gasteiger partial charge in [0.1, 0.15) is 0 Å². The molecule has 1 aliphatic heterocycles. The van der Waals surface area contributed by atoms with Gasteiger partial charge in [-0.05, 0) is 67.6 Å². The maximum absolute atomic E-state index is 9.55. The molecule has 0 aromatic heterocycles. The summed E-state index contributed by atoms with van der Waals surface area (Å²) in [6, 6.07) is 0. The van der Waals surface area contributed by atoms with Crippen molar-refractivity contribution in [3.05, 3.63) is 0 Å². The van der Waals surface area contributed by atoms with Gasteiger partial charge < -0.3 is 14.6 Å². The van der Waals surface area contributed by atoms with Crippen molar-refractivity contribution in [2.45, 2.75) is 98.4 Å². The lowest BCUT2D eigenvalue weighted by molar-refractivity contribution is -0.280. The van der Waals surface area contributed by atoms with Gasteiger partial charge in [0.05, 0.1) is 12.7 Å². The van der Waals surface area contributed by atoms with Gasteiger partial charge in [-0.1, -0.05) is 54.4 Å². The van der Waals surface area contributed by atoms with Crippen LogP contribution in [0.2, 0.25) is 0 Å². The van der Waals surface area contributed by atoms with Crippen LogP contribution >= 0.6 is 0 Å². The molecule has 0 amide bonds. The van der Waals surface area contributed by atoms with E-state index in [0.717, 1.165) is 11.8 Å². The van der Waals surface area contributed by atoms with Gasteiger partial charge in [0.15, 0.2) is 5.79 Å². The topological polar surface area (TPSA) is 38.7 Å². The average Bonchev–Trinajstić information content (AvgIpc) is 3.06. The molecular weight excluding hydrogens is 348 g/mol. The normalized spacial score (nSPS) is 45.1. The SMILES string of the molecule is CC(C)[C@H]1CC[C@H](C)C[C@H]1C1([C@H]2C[C@H](C)CC[C@@H]2C(C)C)OC[C@H](CCO)O1. The molecule has 0 aromatic carbocycles. The Balaban J connectivity index is 1.99. The van der Waals surface area contributed by atoms with Crippen molar-refractivity contribution in [3.8, 4) is 0 Å². The number of aliphatic hydroxyl groups is 1. The molecule has 0 radical (unpaired) electrons. The molecule has 2 saturated carbocycles. The minimum atomic E-state index is -0.437. The molecule has 3 aliphatic rings. The summed E-state index contributed by atoms with van der Waals surface area (Å²) >= 11 is 0. The van der Waals surface area contributed by atoms with E-state index in [0.29, 0.717) is 48.5 Å². The highest BCUT2D eigenvalue weighted by molar-refractivity contribution is 5.01. The third-order valence-corrected chi connectivity index (χ3v) is 8.37. The van der Waals surface area contributed by atoms with Crippen LogP contribution in [-0.2, 0) is 9.47 Å². The molecule has 3 nitrogen and oxygen atoms in total. The second-order valence-corrected chi connectivity index (χ2v) is 11.1. The predicted octanol–water partition coefficient (Wildman–Crippen LogP) is 5.90. The van der Waals surface area contributed by atoms with E-state index in [1.165, 1.54) is 38.5 Å². The van der Waals surface area contributed by atoms with Crippen LogP contribution in [0, 0.1) is 47.3 Å². The highest BCUT2D eigenvalue weighted by atomic mass is 16.7. The summed E-state index contributed by atoms with van der Waals surface area (Å²) in [4.78, 5) is 0. The number of aliphatic hydroxyl groups excluding tert-OH is 1. The molecule has 2 aliphatic carbocycles. The van der Waals surface area contributed by atoms with Crippen LogP contribution in [0.15, 0.2) is 0 Å². The number of ether oxygens (including phenoxy) is 2. The summed E-state index contributed by atoms with van der Waals surface area (Å²) in [6.07, 6.45) is 8.49. The maximum atomic E-state index is 9.55. The average molecular weight is 395 g/mol. The number of hydrogen-bond donors (Lipinski definition) is 1. The first-order valence-corrected chi connectivity index (χ1v) is 12.2. The van der Waals surface area contributed by atoms with Crippen molar-refractivity contribution in [1.29, 1.82) is 0 Å². The van der Waals surface area contributed by atoms with E-state index in [2.05, 4.69) is 41.5 Å². The van der Waals surface area contributed by atoms with Crippen LogP contribution in [0.1, 0.15) is 86.5 Å². The molecule has 1 unspecified atom stereocenters. The van der Waals surface area contributed by atoms with Crippen LogP contribution in [0.5, 0.6) is 0 Å². The molecule has 28 heavy (non-hydrogen) atoms. The monoisotopic (exact) mass is 394 g/mol. The van der Waals surface area contributed by atoms with E-state index in [9.17, 15) is 5.11 Å². The molecule has 0 aromatic rings. The van der Waals surface area contributed by atoms with E-state index in [1.807, 2.05) is 0 Å². The van der Waals surface area contributed by atoms with Gasteiger partial charge in [0, 0.05) is 18.4 Å². The summed E-state index contributed by atoms with van der Waals surface area (Å²) in [7, 11) is 0. The van der Waals surface area contributed by atoms with E-state index in [4.69, 9.17) is 9.47 Å². The largest absolute Gasteiger partial charge is 0.396 e. The fraction of sp³-hybridized carbons (Fsp3) is 1.00. The molecular formula is C25H46O3. The minimum Gasteiger partial charge on any atom is -0.396 e. The van der Waals surface area contributed by atoms with E-state index in [-0.39, 0.29) is 12.7 Å². The van der Waals surface area contributed by atoms with Crippen molar-refractivity contribution in [2.75, 3.05) is 13.2 Å². The first-order chi connectivity index (χ1) is 13.3. The lowest BCUT2D eigenvalue weighted by Crippen LogP contribution is -2.56. The van der Waals surface area contributed by atoms with Crippen LogP contribution in [0.4, 0.5) is 0 Å². The molecule has 3 rings (SSSR count). The van der Waals surface area contributed by atoms with Crippen molar-refractivity contribution >= 4 is 0 Å². The van der Waals surface area contributed by atoms with Gasteiger partial charge in [-0.25, -0.2) is 0 Å². The Labute approximate surface area is 174 Å². The summed E-state index contributed by atoms with van der Waals surface area (Å²) < 4.78 is 13.8. The summed E-state index contributed by atoms with van der Waals surface area (Å²) in [6.45, 7) is 15.3. The molecule has 1 heterocycles. The molecule has 1 saturated heterocycles. The van der Waals surface area contributed by atoms with Gasteiger partial charge in [-0.2, -0.15) is 0 Å². The van der Waals surface area contributed by atoms with E-state index in [1.54, 1.807) is 0 Å². The van der Waals surface area contributed by atoms with Crippen LogP contribution in [0.25, 0.3) is 0 Å². The Kier molecular flexibility index (Phi) is 7.53. The van der Waals surface area contributed by atoms with Crippen molar-refractivity contribution in [3.63, 3.8) is 0 Å². The highest BCUT2D eigenvalue weighted by Crippen LogP contribution is 2.56. The van der Waals surface area contributed by atoms with E-state index >= 15 is 0 Å². The van der Waals surface area contributed by atoms with Crippen molar-refractivity contribution < 1.29 is 14.6 Å². The van der Waals surface area contributed by atoms with E-state index < -0.39 is 5.79 Å². The number of rotatable bonds is 6. The third kappa shape index (κ3) is 4.47. The zero-order valence-electron chi connectivity index (χ0n) is 19.3. The van der Waals surface area contributed by atoms with Gasteiger partial charge >= 0.3 is 0 Å². The first-order valence-electron chi connectivity index (χ1n) is 12.2. The van der Waals surface area contributed by atoms with Crippen molar-refractivity contribution in [1.82, 2.24) is 0 Å². The minimum absolute atomic E-state index is 0.0556. The Morgan fingerprint density at radius 3 is 1.79 bits per heavy atom. The molecule has 1 N–H and O–H groups in total. The fourth-order valence-corrected chi connectivity index (χ4v) is 6.83.